The molecule has 0 aliphatic heterocycles. The van der Waals surface area contributed by atoms with Crippen LogP contribution in [0.25, 0.3) is 0 Å². The lowest BCUT2D eigenvalue weighted by Gasteiger charge is -2.10. The van der Waals surface area contributed by atoms with Crippen LogP contribution in [-0.4, -0.2) is 37.2 Å². The van der Waals surface area contributed by atoms with Gasteiger partial charge in [-0.3, -0.25) is 9.59 Å². The molecule has 0 rings (SSSR count). The topological polar surface area (TPSA) is 75.6 Å². The molecule has 0 saturated carbocycles. The number of hydrogen-bond donors (Lipinski definition) is 2. The van der Waals surface area contributed by atoms with E-state index >= 15 is 0 Å². The van der Waals surface area contributed by atoms with Crippen molar-refractivity contribution in [1.29, 1.82) is 0 Å². The summed E-state index contributed by atoms with van der Waals surface area (Å²) in [5.74, 6) is -1.69. The first kappa shape index (κ1) is 11.9. The first-order valence-corrected chi connectivity index (χ1v) is 4.10. The van der Waals surface area contributed by atoms with Gasteiger partial charge in [0.1, 0.15) is 6.61 Å². The molecule has 0 bridgehead atoms. The SMILES string of the molecule is CCC(CNC(=O)COC)C(=O)O. The predicted octanol–water partition coefficient (Wildman–Crippen LogP) is -0.140. The average molecular weight is 189 g/mol. The molecule has 0 aromatic heterocycles. The van der Waals surface area contributed by atoms with E-state index in [4.69, 9.17) is 5.11 Å². The van der Waals surface area contributed by atoms with E-state index in [-0.39, 0.29) is 19.1 Å². The Labute approximate surface area is 77.1 Å². The number of nitrogens with one attached hydrogen (secondary N) is 1. The molecule has 5 heteroatoms. The van der Waals surface area contributed by atoms with Crippen LogP contribution in [0.1, 0.15) is 13.3 Å². The molecule has 0 radical (unpaired) electrons. The van der Waals surface area contributed by atoms with E-state index in [2.05, 4.69) is 10.1 Å². The van der Waals surface area contributed by atoms with Crippen LogP contribution in [0.5, 0.6) is 0 Å². The number of carboxylic acids is 1. The van der Waals surface area contributed by atoms with Gasteiger partial charge in [0.2, 0.25) is 5.91 Å². The van der Waals surface area contributed by atoms with Crippen LogP contribution >= 0.6 is 0 Å². The monoisotopic (exact) mass is 189 g/mol. The fourth-order valence-electron chi connectivity index (χ4n) is 0.825. The van der Waals surface area contributed by atoms with Gasteiger partial charge < -0.3 is 15.2 Å². The summed E-state index contributed by atoms with van der Waals surface area (Å²) in [7, 11) is 1.41. The van der Waals surface area contributed by atoms with Gasteiger partial charge in [0.15, 0.2) is 0 Å². The second kappa shape index (κ2) is 6.42. The lowest BCUT2D eigenvalue weighted by Crippen LogP contribution is -2.34. The third-order valence-electron chi connectivity index (χ3n) is 1.66. The van der Waals surface area contributed by atoms with Crippen LogP contribution in [-0.2, 0) is 14.3 Å². The maximum absolute atomic E-state index is 10.9. The minimum absolute atomic E-state index is 0.0317. The Balaban J connectivity index is 3.72. The molecule has 0 aromatic rings. The highest BCUT2D eigenvalue weighted by atomic mass is 16.5. The van der Waals surface area contributed by atoms with E-state index in [1.807, 2.05) is 0 Å². The summed E-state index contributed by atoms with van der Waals surface area (Å²) in [6.45, 7) is 1.89. The van der Waals surface area contributed by atoms with Crippen molar-refractivity contribution in [3.05, 3.63) is 0 Å². The Kier molecular flexibility index (Phi) is 5.88. The Bertz CT molecular complexity index is 181. The highest BCUT2D eigenvalue weighted by Crippen LogP contribution is 1.99. The van der Waals surface area contributed by atoms with E-state index in [0.717, 1.165) is 0 Å². The van der Waals surface area contributed by atoms with Crippen molar-refractivity contribution >= 4 is 11.9 Å². The van der Waals surface area contributed by atoms with Crippen molar-refractivity contribution in [3.63, 3.8) is 0 Å². The molecule has 2 N–H and O–H groups in total. The summed E-state index contributed by atoms with van der Waals surface area (Å²) in [5, 5.41) is 11.1. The van der Waals surface area contributed by atoms with E-state index in [0.29, 0.717) is 6.42 Å². The van der Waals surface area contributed by atoms with Crippen molar-refractivity contribution in [2.75, 3.05) is 20.3 Å². The summed E-state index contributed by atoms with van der Waals surface area (Å²) in [6, 6.07) is 0. The van der Waals surface area contributed by atoms with Gasteiger partial charge in [0.25, 0.3) is 0 Å². The smallest absolute Gasteiger partial charge is 0.308 e. The molecule has 1 amide bonds. The predicted molar refractivity (Wildman–Crippen MR) is 46.3 cm³/mol. The van der Waals surface area contributed by atoms with Crippen LogP contribution in [0, 0.1) is 5.92 Å². The number of amides is 1. The molecule has 0 fully saturated rings. The zero-order chi connectivity index (χ0) is 10.3. The molecule has 76 valence electrons. The molecular weight excluding hydrogens is 174 g/mol. The van der Waals surface area contributed by atoms with Crippen LogP contribution in [0.2, 0.25) is 0 Å². The minimum Gasteiger partial charge on any atom is -0.481 e. The average Bonchev–Trinajstić information content (AvgIpc) is 2.05. The Hall–Kier alpha value is -1.10. The Morgan fingerprint density at radius 1 is 1.54 bits per heavy atom. The van der Waals surface area contributed by atoms with Gasteiger partial charge in [0.05, 0.1) is 5.92 Å². The quantitative estimate of drug-likeness (QED) is 0.609. The lowest BCUT2D eigenvalue weighted by molar-refractivity contribution is -0.141. The van der Waals surface area contributed by atoms with Gasteiger partial charge >= 0.3 is 5.97 Å². The standard InChI is InChI=1S/C8H15NO4/c1-3-6(8(11)12)4-9-7(10)5-13-2/h6H,3-5H2,1-2H3,(H,9,10)(H,11,12). The minimum atomic E-state index is -0.889. The molecule has 0 aliphatic rings. The van der Waals surface area contributed by atoms with Crippen LogP contribution in [0.15, 0.2) is 0 Å². The van der Waals surface area contributed by atoms with E-state index in [9.17, 15) is 9.59 Å². The fourth-order valence-corrected chi connectivity index (χ4v) is 0.825. The van der Waals surface area contributed by atoms with Gasteiger partial charge in [-0.25, -0.2) is 0 Å². The van der Waals surface area contributed by atoms with Crippen molar-refractivity contribution in [3.8, 4) is 0 Å². The Morgan fingerprint density at radius 3 is 2.54 bits per heavy atom. The van der Waals surface area contributed by atoms with Gasteiger partial charge in [-0.1, -0.05) is 6.92 Å². The number of carboxylic acid groups (broad SMARTS) is 1. The van der Waals surface area contributed by atoms with Crippen LogP contribution in [0.4, 0.5) is 0 Å². The summed E-state index contributed by atoms with van der Waals surface area (Å²) < 4.78 is 4.57. The zero-order valence-corrected chi connectivity index (χ0v) is 7.87. The van der Waals surface area contributed by atoms with Crippen molar-refractivity contribution in [1.82, 2.24) is 5.32 Å². The molecule has 1 atom stereocenters. The Morgan fingerprint density at radius 2 is 2.15 bits per heavy atom. The number of carbonyl (C=O) groups excluding carboxylic acids is 1. The molecule has 0 aromatic carbocycles. The number of hydrogen-bond acceptors (Lipinski definition) is 3. The summed E-state index contributed by atoms with van der Waals surface area (Å²) in [4.78, 5) is 21.4. The highest BCUT2D eigenvalue weighted by Gasteiger charge is 2.15. The van der Waals surface area contributed by atoms with E-state index < -0.39 is 11.9 Å². The largest absolute Gasteiger partial charge is 0.481 e. The van der Waals surface area contributed by atoms with Crippen molar-refractivity contribution < 1.29 is 19.4 Å². The molecule has 0 aliphatic carbocycles. The maximum atomic E-state index is 10.9. The summed E-state index contributed by atoms with van der Waals surface area (Å²) in [5.41, 5.74) is 0. The molecule has 0 saturated heterocycles. The third kappa shape index (κ3) is 5.19. The molecular formula is C8H15NO4. The first-order valence-electron chi connectivity index (χ1n) is 4.10. The number of ether oxygens (including phenoxy) is 1. The molecule has 1 unspecified atom stereocenters. The second-order valence-electron chi connectivity index (χ2n) is 2.68. The second-order valence-corrected chi connectivity index (χ2v) is 2.68. The van der Waals surface area contributed by atoms with Gasteiger partial charge in [-0.15, -0.1) is 0 Å². The number of rotatable bonds is 6. The third-order valence-corrected chi connectivity index (χ3v) is 1.66. The molecule has 0 spiro atoms. The van der Waals surface area contributed by atoms with Crippen molar-refractivity contribution in [2.24, 2.45) is 5.92 Å². The summed E-state index contributed by atoms with van der Waals surface area (Å²) >= 11 is 0. The number of methoxy groups -OCH3 is 1. The summed E-state index contributed by atoms with van der Waals surface area (Å²) in [6.07, 6.45) is 0.503. The van der Waals surface area contributed by atoms with E-state index in [1.54, 1.807) is 6.92 Å². The van der Waals surface area contributed by atoms with Crippen molar-refractivity contribution in [2.45, 2.75) is 13.3 Å². The van der Waals surface area contributed by atoms with Crippen LogP contribution in [0.3, 0.4) is 0 Å². The van der Waals surface area contributed by atoms with Crippen LogP contribution < -0.4 is 5.32 Å². The zero-order valence-electron chi connectivity index (χ0n) is 7.87. The maximum Gasteiger partial charge on any atom is 0.308 e. The molecule has 0 heterocycles. The van der Waals surface area contributed by atoms with Gasteiger partial charge in [-0.05, 0) is 6.42 Å². The van der Waals surface area contributed by atoms with E-state index in [1.165, 1.54) is 7.11 Å². The van der Waals surface area contributed by atoms with Gasteiger partial charge in [0, 0.05) is 13.7 Å². The highest BCUT2D eigenvalue weighted by molar-refractivity contribution is 5.78. The lowest BCUT2D eigenvalue weighted by atomic mass is 10.1. The fraction of sp³-hybridized carbons (Fsp3) is 0.750. The normalized spacial score (nSPS) is 12.2. The van der Waals surface area contributed by atoms with Gasteiger partial charge in [-0.2, -0.15) is 0 Å². The number of carbonyl (C=O) groups is 2. The molecule has 5 nitrogen and oxygen atoms in total. The number of aliphatic carboxylic acids is 1. The molecule has 13 heavy (non-hydrogen) atoms. The first-order chi connectivity index (χ1) is 6.11.